The van der Waals surface area contributed by atoms with Crippen LogP contribution in [0.2, 0.25) is 5.02 Å². The lowest BCUT2D eigenvalue weighted by Crippen LogP contribution is -2.35. The number of ether oxygens (including phenoxy) is 2. The summed E-state index contributed by atoms with van der Waals surface area (Å²) in [6.07, 6.45) is -0.497. The molecule has 0 amide bonds. The van der Waals surface area contributed by atoms with Crippen molar-refractivity contribution in [1.82, 2.24) is 4.31 Å². The van der Waals surface area contributed by atoms with E-state index in [2.05, 4.69) is 0 Å². The van der Waals surface area contributed by atoms with Crippen molar-refractivity contribution in [3.05, 3.63) is 28.3 Å². The molecule has 0 atom stereocenters. The number of halogens is 1. The van der Waals surface area contributed by atoms with Gasteiger partial charge in [-0.3, -0.25) is 0 Å². The van der Waals surface area contributed by atoms with Crippen LogP contribution in [0, 0.1) is 13.8 Å². The summed E-state index contributed by atoms with van der Waals surface area (Å²) in [6.45, 7) is 4.68. The molecular weight excluding hydrogens is 302 g/mol. The zero-order chi connectivity index (χ0) is 14.9. The minimum absolute atomic E-state index is 0.170. The SMILES string of the molecule is Cc1cc(S(=O)(=O)N(C)CC2OCCO2)c(C)cc1Cl. The van der Waals surface area contributed by atoms with Gasteiger partial charge in [0.2, 0.25) is 10.0 Å². The molecule has 0 N–H and O–H groups in total. The van der Waals surface area contributed by atoms with Crippen molar-refractivity contribution in [3.63, 3.8) is 0 Å². The highest BCUT2D eigenvalue weighted by molar-refractivity contribution is 7.89. The fraction of sp³-hybridized carbons (Fsp3) is 0.538. The summed E-state index contributed by atoms with van der Waals surface area (Å²) in [5.41, 5.74) is 1.36. The summed E-state index contributed by atoms with van der Waals surface area (Å²) < 4.78 is 37.0. The van der Waals surface area contributed by atoms with Crippen LogP contribution in [0.25, 0.3) is 0 Å². The van der Waals surface area contributed by atoms with E-state index in [1.165, 1.54) is 11.4 Å². The van der Waals surface area contributed by atoms with Gasteiger partial charge in [-0.1, -0.05) is 11.6 Å². The van der Waals surface area contributed by atoms with E-state index in [1.54, 1.807) is 26.0 Å². The Morgan fingerprint density at radius 1 is 1.25 bits per heavy atom. The van der Waals surface area contributed by atoms with E-state index in [0.717, 1.165) is 5.56 Å². The van der Waals surface area contributed by atoms with Gasteiger partial charge in [0, 0.05) is 12.1 Å². The Hall–Kier alpha value is -0.660. The van der Waals surface area contributed by atoms with Crippen LogP contribution < -0.4 is 0 Å². The number of benzene rings is 1. The van der Waals surface area contributed by atoms with E-state index in [4.69, 9.17) is 21.1 Å². The van der Waals surface area contributed by atoms with Crippen LogP contribution in [0.1, 0.15) is 11.1 Å². The van der Waals surface area contributed by atoms with Crippen molar-refractivity contribution < 1.29 is 17.9 Å². The Morgan fingerprint density at radius 3 is 2.45 bits per heavy atom. The van der Waals surface area contributed by atoms with Gasteiger partial charge < -0.3 is 9.47 Å². The first kappa shape index (κ1) is 15.7. The lowest BCUT2D eigenvalue weighted by Gasteiger charge is -2.21. The fourth-order valence-electron chi connectivity index (χ4n) is 2.02. The van der Waals surface area contributed by atoms with Crippen molar-refractivity contribution in [2.24, 2.45) is 0 Å². The molecule has 0 unspecified atom stereocenters. The smallest absolute Gasteiger partial charge is 0.243 e. The number of rotatable bonds is 4. The molecule has 2 rings (SSSR count). The molecule has 1 saturated heterocycles. The van der Waals surface area contributed by atoms with Gasteiger partial charge in [-0.2, -0.15) is 4.31 Å². The van der Waals surface area contributed by atoms with Gasteiger partial charge in [0.05, 0.1) is 24.7 Å². The number of likely N-dealkylation sites (N-methyl/N-ethyl adjacent to an activating group) is 1. The van der Waals surface area contributed by atoms with E-state index in [1.807, 2.05) is 0 Å². The minimum Gasteiger partial charge on any atom is -0.349 e. The summed E-state index contributed by atoms with van der Waals surface area (Å²) in [5, 5.41) is 0.562. The van der Waals surface area contributed by atoms with Gasteiger partial charge >= 0.3 is 0 Å². The Kier molecular flexibility index (Phi) is 4.71. The van der Waals surface area contributed by atoms with Gasteiger partial charge in [-0.05, 0) is 37.1 Å². The van der Waals surface area contributed by atoms with Crippen LogP contribution >= 0.6 is 11.6 Å². The molecule has 1 fully saturated rings. The van der Waals surface area contributed by atoms with Gasteiger partial charge in [0.1, 0.15) is 0 Å². The summed E-state index contributed by atoms with van der Waals surface area (Å²) >= 11 is 6.00. The molecule has 0 saturated carbocycles. The first-order chi connectivity index (χ1) is 9.32. The summed E-state index contributed by atoms with van der Waals surface area (Å²) in [4.78, 5) is 0.264. The third kappa shape index (κ3) is 3.15. The van der Waals surface area contributed by atoms with Crippen molar-refractivity contribution in [3.8, 4) is 0 Å². The number of sulfonamides is 1. The van der Waals surface area contributed by atoms with Gasteiger partial charge in [0.25, 0.3) is 0 Å². The van der Waals surface area contributed by atoms with Crippen LogP contribution in [0.15, 0.2) is 17.0 Å². The van der Waals surface area contributed by atoms with Crippen LogP contribution in [0.3, 0.4) is 0 Å². The number of hydrogen-bond donors (Lipinski definition) is 0. The third-order valence-corrected chi connectivity index (χ3v) is 5.61. The molecule has 1 heterocycles. The second kappa shape index (κ2) is 5.99. The Bertz CT molecular complexity index is 597. The molecule has 1 aliphatic heterocycles. The van der Waals surface area contributed by atoms with Crippen LogP contribution in [0.5, 0.6) is 0 Å². The molecule has 1 aromatic carbocycles. The summed E-state index contributed by atoms with van der Waals surface area (Å²) in [5.74, 6) is 0. The molecule has 20 heavy (non-hydrogen) atoms. The van der Waals surface area contributed by atoms with Crippen molar-refractivity contribution in [2.45, 2.75) is 25.0 Å². The highest BCUT2D eigenvalue weighted by Crippen LogP contribution is 2.26. The highest BCUT2D eigenvalue weighted by Gasteiger charge is 2.28. The second-order valence-corrected chi connectivity index (χ2v) is 7.24. The Morgan fingerprint density at radius 2 is 1.85 bits per heavy atom. The van der Waals surface area contributed by atoms with E-state index < -0.39 is 16.3 Å². The van der Waals surface area contributed by atoms with Crippen LogP contribution in [0.4, 0.5) is 0 Å². The molecule has 1 aliphatic rings. The fourth-order valence-corrected chi connectivity index (χ4v) is 3.68. The van der Waals surface area contributed by atoms with Crippen molar-refractivity contribution in [2.75, 3.05) is 26.8 Å². The molecule has 7 heteroatoms. The quantitative estimate of drug-likeness (QED) is 0.851. The second-order valence-electron chi connectivity index (χ2n) is 4.82. The van der Waals surface area contributed by atoms with E-state index in [-0.39, 0.29) is 11.4 Å². The standard InChI is InChI=1S/C13H18ClNO4S/c1-9-7-12(10(2)6-11(9)14)20(16,17)15(3)8-13-18-4-5-19-13/h6-7,13H,4-5,8H2,1-3H3. The number of nitrogens with zero attached hydrogens (tertiary/aromatic N) is 1. The first-order valence-corrected chi connectivity index (χ1v) is 8.10. The highest BCUT2D eigenvalue weighted by atomic mass is 35.5. The Balaban J connectivity index is 2.27. The average molecular weight is 320 g/mol. The summed E-state index contributed by atoms with van der Waals surface area (Å²) in [6, 6.07) is 3.26. The maximum atomic E-state index is 12.6. The lowest BCUT2D eigenvalue weighted by atomic mass is 10.2. The molecule has 0 spiro atoms. The monoisotopic (exact) mass is 319 g/mol. The molecule has 112 valence electrons. The maximum Gasteiger partial charge on any atom is 0.243 e. The topological polar surface area (TPSA) is 55.8 Å². The maximum absolute atomic E-state index is 12.6. The molecule has 0 aromatic heterocycles. The molecule has 0 radical (unpaired) electrons. The normalized spacial score (nSPS) is 17.1. The van der Waals surface area contributed by atoms with Crippen LogP contribution in [-0.2, 0) is 19.5 Å². The van der Waals surface area contributed by atoms with Crippen LogP contribution in [-0.4, -0.2) is 45.8 Å². The zero-order valence-corrected chi connectivity index (χ0v) is 13.3. The lowest BCUT2D eigenvalue weighted by molar-refractivity contribution is -0.0482. The predicted molar refractivity (Wildman–Crippen MR) is 76.4 cm³/mol. The molecule has 0 aliphatic carbocycles. The van der Waals surface area contributed by atoms with Crippen molar-refractivity contribution in [1.29, 1.82) is 0 Å². The molecular formula is C13H18ClNO4S. The van der Waals surface area contributed by atoms with E-state index >= 15 is 0 Å². The Labute approximate surface area is 124 Å². The number of hydrogen-bond acceptors (Lipinski definition) is 4. The average Bonchev–Trinajstić information content (AvgIpc) is 2.86. The predicted octanol–water partition coefficient (Wildman–Crippen LogP) is 1.95. The first-order valence-electron chi connectivity index (χ1n) is 6.28. The minimum atomic E-state index is -3.58. The van der Waals surface area contributed by atoms with Gasteiger partial charge in [0.15, 0.2) is 6.29 Å². The summed E-state index contributed by atoms with van der Waals surface area (Å²) in [7, 11) is -2.06. The van der Waals surface area contributed by atoms with Gasteiger partial charge in [-0.15, -0.1) is 0 Å². The zero-order valence-electron chi connectivity index (χ0n) is 11.7. The van der Waals surface area contributed by atoms with Gasteiger partial charge in [-0.25, -0.2) is 8.42 Å². The van der Waals surface area contributed by atoms with E-state index in [9.17, 15) is 8.42 Å². The molecule has 5 nitrogen and oxygen atoms in total. The van der Waals surface area contributed by atoms with Crippen molar-refractivity contribution >= 4 is 21.6 Å². The third-order valence-electron chi connectivity index (χ3n) is 3.24. The van der Waals surface area contributed by atoms with E-state index in [0.29, 0.717) is 23.8 Å². The largest absolute Gasteiger partial charge is 0.349 e. The molecule has 1 aromatic rings. The number of aryl methyl sites for hydroxylation is 2. The molecule has 0 bridgehead atoms.